The number of aromatic nitrogens is 2. The van der Waals surface area contributed by atoms with Crippen LogP contribution < -0.4 is 10.2 Å². The summed E-state index contributed by atoms with van der Waals surface area (Å²) in [6, 6.07) is 4.29. The van der Waals surface area contributed by atoms with Crippen molar-refractivity contribution in [2.75, 3.05) is 24.5 Å². The van der Waals surface area contributed by atoms with Gasteiger partial charge in [-0.2, -0.15) is 5.26 Å². The van der Waals surface area contributed by atoms with Gasteiger partial charge in [0.2, 0.25) is 0 Å². The highest BCUT2D eigenvalue weighted by Gasteiger charge is 2.40. The molecule has 2 aliphatic heterocycles. The van der Waals surface area contributed by atoms with Crippen LogP contribution in [-0.4, -0.2) is 35.1 Å². The maximum atomic E-state index is 9.27. The molecule has 0 amide bonds. The fourth-order valence-corrected chi connectivity index (χ4v) is 3.69. The summed E-state index contributed by atoms with van der Waals surface area (Å²) in [5, 5.41) is 13.9. The van der Waals surface area contributed by atoms with Gasteiger partial charge in [-0.1, -0.05) is 0 Å². The molecule has 2 fully saturated rings. The Morgan fingerprint density at radius 3 is 3.15 bits per heavy atom. The van der Waals surface area contributed by atoms with Crippen LogP contribution in [0.2, 0.25) is 0 Å². The third kappa shape index (κ3) is 1.61. The summed E-state index contributed by atoms with van der Waals surface area (Å²) in [6.45, 7) is 3.21. The number of rotatable bonds is 1. The lowest BCUT2D eigenvalue weighted by molar-refractivity contribution is 0.419. The summed E-state index contributed by atoms with van der Waals surface area (Å²) >= 11 is 0. The largest absolute Gasteiger partial charge is 0.369 e. The Bertz CT molecular complexity index is 690. The zero-order valence-corrected chi connectivity index (χ0v) is 11.3. The molecule has 4 heterocycles. The number of H-pyrrole nitrogens is 1. The topological polar surface area (TPSA) is 67.7 Å². The van der Waals surface area contributed by atoms with Crippen LogP contribution in [0.1, 0.15) is 24.8 Å². The van der Waals surface area contributed by atoms with Gasteiger partial charge in [0.15, 0.2) is 0 Å². The van der Waals surface area contributed by atoms with Crippen LogP contribution in [0, 0.1) is 11.3 Å². The van der Waals surface area contributed by atoms with Crippen molar-refractivity contribution < 1.29 is 0 Å². The molecule has 2 saturated heterocycles. The smallest absolute Gasteiger partial charge is 0.140 e. The second-order valence-corrected chi connectivity index (χ2v) is 5.85. The minimum Gasteiger partial charge on any atom is -0.369 e. The molecule has 0 bridgehead atoms. The summed E-state index contributed by atoms with van der Waals surface area (Å²) < 4.78 is 0. The number of hydrogen-bond donors (Lipinski definition) is 2. The summed E-state index contributed by atoms with van der Waals surface area (Å²) in [5.74, 6) is 0. The third-order valence-electron chi connectivity index (χ3n) is 4.70. The number of nitriles is 1. The Labute approximate surface area is 117 Å². The van der Waals surface area contributed by atoms with Crippen molar-refractivity contribution in [3.05, 3.63) is 24.0 Å². The van der Waals surface area contributed by atoms with E-state index in [1.807, 2.05) is 12.3 Å². The Morgan fingerprint density at radius 1 is 1.40 bits per heavy atom. The van der Waals surface area contributed by atoms with E-state index in [0.717, 1.165) is 36.4 Å². The minimum atomic E-state index is 0.290. The number of aromatic amines is 1. The summed E-state index contributed by atoms with van der Waals surface area (Å²) in [5.41, 5.74) is 2.92. The standard InChI is InChI=1S/C15H17N5/c16-8-11-9-18-14-13(11)12(2-6-17-14)20-7-4-15(10-20)3-1-5-19-15/h2,6,9,19H,1,3-5,7,10H2,(H,17,18). The Morgan fingerprint density at radius 2 is 2.35 bits per heavy atom. The molecular formula is C15H17N5. The maximum Gasteiger partial charge on any atom is 0.140 e. The van der Waals surface area contributed by atoms with Crippen LogP contribution in [0.15, 0.2) is 18.5 Å². The molecule has 2 aliphatic rings. The van der Waals surface area contributed by atoms with Gasteiger partial charge in [-0.15, -0.1) is 0 Å². The first kappa shape index (κ1) is 11.7. The molecule has 20 heavy (non-hydrogen) atoms. The maximum absolute atomic E-state index is 9.27. The fraction of sp³-hybridized carbons (Fsp3) is 0.467. The van der Waals surface area contributed by atoms with Gasteiger partial charge in [-0.05, 0) is 31.9 Å². The molecule has 5 heteroatoms. The first-order valence-electron chi connectivity index (χ1n) is 7.18. The molecule has 2 N–H and O–H groups in total. The number of nitrogens with zero attached hydrogens (tertiary/aromatic N) is 3. The van der Waals surface area contributed by atoms with Crippen LogP contribution in [0.4, 0.5) is 5.69 Å². The number of pyridine rings is 1. The van der Waals surface area contributed by atoms with Gasteiger partial charge in [0.1, 0.15) is 11.7 Å². The summed E-state index contributed by atoms with van der Waals surface area (Å²) in [6.07, 6.45) is 7.29. The van der Waals surface area contributed by atoms with Gasteiger partial charge in [0.05, 0.1) is 16.6 Å². The van der Waals surface area contributed by atoms with Gasteiger partial charge < -0.3 is 15.2 Å². The van der Waals surface area contributed by atoms with E-state index >= 15 is 0 Å². The van der Waals surface area contributed by atoms with Gasteiger partial charge >= 0.3 is 0 Å². The molecule has 0 aromatic carbocycles. The predicted molar refractivity (Wildman–Crippen MR) is 77.6 cm³/mol. The monoisotopic (exact) mass is 267 g/mol. The average molecular weight is 267 g/mol. The van der Waals surface area contributed by atoms with E-state index in [1.165, 1.54) is 19.3 Å². The Hall–Kier alpha value is -2.06. The first-order valence-corrected chi connectivity index (χ1v) is 7.18. The lowest BCUT2D eigenvalue weighted by Gasteiger charge is -2.25. The molecule has 102 valence electrons. The van der Waals surface area contributed by atoms with Crippen molar-refractivity contribution in [2.45, 2.75) is 24.8 Å². The minimum absolute atomic E-state index is 0.290. The molecule has 0 aliphatic carbocycles. The third-order valence-corrected chi connectivity index (χ3v) is 4.70. The lowest BCUT2D eigenvalue weighted by atomic mass is 9.97. The van der Waals surface area contributed by atoms with E-state index in [4.69, 9.17) is 0 Å². The Kier molecular flexibility index (Phi) is 2.48. The second kappa shape index (κ2) is 4.22. The van der Waals surface area contributed by atoms with Crippen molar-refractivity contribution in [1.82, 2.24) is 15.3 Å². The van der Waals surface area contributed by atoms with Crippen LogP contribution in [0.5, 0.6) is 0 Å². The zero-order valence-electron chi connectivity index (χ0n) is 11.3. The lowest BCUT2D eigenvalue weighted by Crippen LogP contribution is -2.42. The number of hydrogen-bond acceptors (Lipinski definition) is 4. The molecule has 1 atom stereocenters. The molecule has 0 saturated carbocycles. The van der Waals surface area contributed by atoms with Crippen molar-refractivity contribution >= 4 is 16.7 Å². The van der Waals surface area contributed by atoms with Crippen LogP contribution in [0.25, 0.3) is 11.0 Å². The van der Waals surface area contributed by atoms with E-state index in [2.05, 4.69) is 26.3 Å². The fourth-order valence-electron chi connectivity index (χ4n) is 3.69. The van der Waals surface area contributed by atoms with Crippen molar-refractivity contribution in [1.29, 1.82) is 5.26 Å². The van der Waals surface area contributed by atoms with Crippen molar-refractivity contribution in [2.24, 2.45) is 0 Å². The quantitative estimate of drug-likeness (QED) is 0.826. The van der Waals surface area contributed by atoms with E-state index in [-0.39, 0.29) is 0 Å². The van der Waals surface area contributed by atoms with Crippen LogP contribution in [-0.2, 0) is 0 Å². The zero-order chi connectivity index (χ0) is 13.6. The van der Waals surface area contributed by atoms with Crippen molar-refractivity contribution in [3.63, 3.8) is 0 Å². The average Bonchev–Trinajstić information content (AvgIpc) is 3.20. The molecule has 4 rings (SSSR count). The second-order valence-electron chi connectivity index (χ2n) is 5.85. The van der Waals surface area contributed by atoms with E-state index < -0.39 is 0 Å². The molecule has 1 unspecified atom stereocenters. The molecule has 0 radical (unpaired) electrons. The molecule has 2 aromatic rings. The summed E-state index contributed by atoms with van der Waals surface area (Å²) in [4.78, 5) is 9.81. The predicted octanol–water partition coefficient (Wildman–Crippen LogP) is 1.77. The molecular weight excluding hydrogens is 250 g/mol. The highest BCUT2D eigenvalue weighted by atomic mass is 15.2. The molecule has 2 aromatic heterocycles. The van der Waals surface area contributed by atoms with Gasteiger partial charge in [-0.25, -0.2) is 4.98 Å². The van der Waals surface area contributed by atoms with E-state index in [1.54, 1.807) is 6.20 Å². The normalized spacial score (nSPS) is 25.6. The Balaban J connectivity index is 1.76. The van der Waals surface area contributed by atoms with Gasteiger partial charge in [-0.3, -0.25) is 0 Å². The van der Waals surface area contributed by atoms with Gasteiger partial charge in [0.25, 0.3) is 0 Å². The molecule has 5 nitrogen and oxygen atoms in total. The van der Waals surface area contributed by atoms with Crippen LogP contribution >= 0.6 is 0 Å². The van der Waals surface area contributed by atoms with Gasteiger partial charge in [0, 0.05) is 31.0 Å². The van der Waals surface area contributed by atoms with Crippen LogP contribution in [0.3, 0.4) is 0 Å². The first-order chi connectivity index (χ1) is 9.81. The van der Waals surface area contributed by atoms with Crippen molar-refractivity contribution in [3.8, 4) is 6.07 Å². The molecule has 1 spiro atoms. The number of fused-ring (bicyclic) bond motifs is 1. The SMILES string of the molecule is N#Cc1c[nH]c2nccc(N3CCC4(CCCN4)C3)c12. The number of nitrogens with one attached hydrogen (secondary N) is 2. The van der Waals surface area contributed by atoms with E-state index in [0.29, 0.717) is 11.1 Å². The van der Waals surface area contributed by atoms with E-state index in [9.17, 15) is 5.26 Å². The highest BCUT2D eigenvalue weighted by Crippen LogP contribution is 2.36. The number of anilines is 1. The summed E-state index contributed by atoms with van der Waals surface area (Å²) in [7, 11) is 0. The highest BCUT2D eigenvalue weighted by molar-refractivity contribution is 5.95.